The first-order valence-electron chi connectivity index (χ1n) is 4.50. The van der Waals surface area contributed by atoms with Gasteiger partial charge in [0, 0.05) is 5.75 Å². The highest BCUT2D eigenvalue weighted by molar-refractivity contribution is 8.01. The second-order valence-electron chi connectivity index (χ2n) is 3.30. The molecule has 94 valence electrons. The van der Waals surface area contributed by atoms with Crippen LogP contribution < -0.4 is 0 Å². The van der Waals surface area contributed by atoms with Crippen LogP contribution in [-0.4, -0.2) is 41.5 Å². The maximum atomic E-state index is 12.2. The van der Waals surface area contributed by atoms with Gasteiger partial charge in [-0.1, -0.05) is 11.6 Å². The lowest BCUT2D eigenvalue weighted by molar-refractivity contribution is -0.140. The van der Waals surface area contributed by atoms with Crippen LogP contribution >= 0.6 is 34.7 Å². The van der Waals surface area contributed by atoms with E-state index in [1.807, 2.05) is 0 Å². The van der Waals surface area contributed by atoms with Gasteiger partial charge in [-0.15, -0.1) is 23.1 Å². The summed E-state index contributed by atoms with van der Waals surface area (Å²) in [5.74, 6) is -0.691. The van der Waals surface area contributed by atoms with Crippen molar-refractivity contribution >= 4 is 50.7 Å². The van der Waals surface area contributed by atoms with Crippen molar-refractivity contribution < 1.29 is 18.3 Å². The predicted molar refractivity (Wildman–Crippen MR) is 67.1 cm³/mol. The Labute approximate surface area is 111 Å². The quantitative estimate of drug-likeness (QED) is 0.916. The molecule has 9 heteroatoms. The van der Waals surface area contributed by atoms with Crippen molar-refractivity contribution in [2.45, 2.75) is 10.3 Å². The van der Waals surface area contributed by atoms with Crippen molar-refractivity contribution in [2.24, 2.45) is 0 Å². The minimum atomic E-state index is -3.75. The zero-order valence-corrected chi connectivity index (χ0v) is 11.6. The molecule has 1 aromatic rings. The fourth-order valence-corrected chi connectivity index (χ4v) is 6.16. The van der Waals surface area contributed by atoms with Crippen molar-refractivity contribution in [1.29, 1.82) is 0 Å². The van der Waals surface area contributed by atoms with Crippen molar-refractivity contribution in [3.05, 3.63) is 16.5 Å². The first-order valence-corrected chi connectivity index (χ1v) is 8.29. The summed E-state index contributed by atoms with van der Waals surface area (Å²) in [5.41, 5.74) is 0. The smallest absolute Gasteiger partial charge is 0.322 e. The van der Waals surface area contributed by atoms with Crippen LogP contribution in [0.5, 0.6) is 0 Å². The van der Waals surface area contributed by atoms with Gasteiger partial charge in [-0.25, -0.2) is 8.42 Å². The lowest BCUT2D eigenvalue weighted by atomic mass is 10.4. The van der Waals surface area contributed by atoms with E-state index in [0.717, 1.165) is 15.6 Å². The van der Waals surface area contributed by atoms with Crippen LogP contribution in [0.3, 0.4) is 0 Å². The van der Waals surface area contributed by atoms with E-state index < -0.39 is 22.0 Å². The molecule has 0 radical (unpaired) electrons. The van der Waals surface area contributed by atoms with Gasteiger partial charge >= 0.3 is 5.97 Å². The minimum Gasteiger partial charge on any atom is -0.480 e. The maximum absolute atomic E-state index is 12.2. The lowest BCUT2D eigenvalue weighted by Gasteiger charge is -2.18. The van der Waals surface area contributed by atoms with Crippen LogP contribution in [0.15, 0.2) is 16.3 Å². The van der Waals surface area contributed by atoms with Gasteiger partial charge in [0.05, 0.1) is 10.2 Å². The topological polar surface area (TPSA) is 74.7 Å². The molecule has 1 saturated heterocycles. The van der Waals surface area contributed by atoms with Gasteiger partial charge in [-0.2, -0.15) is 4.31 Å². The van der Waals surface area contributed by atoms with E-state index in [1.165, 1.54) is 23.9 Å². The molecule has 1 unspecified atom stereocenters. The summed E-state index contributed by atoms with van der Waals surface area (Å²) in [5, 5.41) is 8.96. The van der Waals surface area contributed by atoms with Crippen molar-refractivity contribution in [2.75, 3.05) is 11.6 Å². The summed E-state index contributed by atoms with van der Waals surface area (Å²) in [7, 11) is -3.75. The molecular weight excluding hydrogens is 306 g/mol. The fourth-order valence-electron chi connectivity index (χ4n) is 1.41. The largest absolute Gasteiger partial charge is 0.480 e. The Hall–Kier alpha value is -0.280. The average molecular weight is 314 g/mol. The van der Waals surface area contributed by atoms with Crippen LogP contribution in [0.2, 0.25) is 4.34 Å². The fraction of sp³-hybridized carbons (Fsp3) is 0.375. The van der Waals surface area contributed by atoms with Crippen molar-refractivity contribution in [1.82, 2.24) is 4.31 Å². The van der Waals surface area contributed by atoms with Crippen molar-refractivity contribution in [3.8, 4) is 0 Å². The highest BCUT2D eigenvalue weighted by Crippen LogP contribution is 2.33. The number of hydrogen-bond acceptors (Lipinski definition) is 5. The zero-order valence-electron chi connectivity index (χ0n) is 8.37. The number of aliphatic carboxylic acids is 1. The number of carbonyl (C=O) groups is 1. The van der Waals surface area contributed by atoms with Gasteiger partial charge in [-0.05, 0) is 12.1 Å². The van der Waals surface area contributed by atoms with Crippen LogP contribution in [0.25, 0.3) is 0 Å². The number of thiophene rings is 1. The Balaban J connectivity index is 2.36. The molecule has 1 aromatic heterocycles. The molecule has 17 heavy (non-hydrogen) atoms. The molecule has 0 bridgehead atoms. The molecule has 1 atom stereocenters. The molecular formula is C8H8ClNO4S3. The highest BCUT2D eigenvalue weighted by atomic mass is 35.5. The van der Waals surface area contributed by atoms with Crippen LogP contribution in [0, 0.1) is 0 Å². The van der Waals surface area contributed by atoms with Gasteiger partial charge in [0.1, 0.15) is 10.3 Å². The van der Waals surface area contributed by atoms with Gasteiger partial charge < -0.3 is 5.11 Å². The monoisotopic (exact) mass is 313 g/mol. The average Bonchev–Trinajstić information content (AvgIpc) is 2.84. The maximum Gasteiger partial charge on any atom is 0.322 e. The van der Waals surface area contributed by atoms with Gasteiger partial charge in [0.2, 0.25) is 0 Å². The number of rotatable bonds is 3. The summed E-state index contributed by atoms with van der Waals surface area (Å²) in [6, 6.07) is 1.88. The van der Waals surface area contributed by atoms with Crippen LogP contribution in [0.4, 0.5) is 0 Å². The first-order chi connectivity index (χ1) is 7.93. The number of sulfonamides is 1. The molecule has 1 N–H and O–H groups in total. The molecule has 1 aliphatic heterocycles. The summed E-state index contributed by atoms with van der Waals surface area (Å²) < 4.78 is 25.8. The summed E-state index contributed by atoms with van der Waals surface area (Å²) >= 11 is 7.90. The summed E-state index contributed by atoms with van der Waals surface area (Å²) in [6.45, 7) is 0. The molecule has 5 nitrogen and oxygen atoms in total. The zero-order chi connectivity index (χ0) is 12.6. The van der Waals surface area contributed by atoms with E-state index in [-0.39, 0.29) is 15.8 Å². The third-order valence-corrected chi connectivity index (χ3v) is 6.97. The minimum absolute atomic E-state index is 0.0799. The van der Waals surface area contributed by atoms with E-state index in [0.29, 0.717) is 4.34 Å². The Morgan fingerprint density at radius 3 is 2.76 bits per heavy atom. The highest BCUT2D eigenvalue weighted by Gasteiger charge is 2.40. The van der Waals surface area contributed by atoms with E-state index in [9.17, 15) is 13.2 Å². The third-order valence-electron chi connectivity index (χ3n) is 2.24. The molecule has 1 fully saturated rings. The number of hydrogen-bond donors (Lipinski definition) is 1. The van der Waals surface area contributed by atoms with E-state index in [2.05, 4.69) is 0 Å². The Bertz CT molecular complexity index is 541. The molecule has 0 saturated carbocycles. The molecule has 0 amide bonds. The first kappa shape index (κ1) is 13.2. The molecule has 0 spiro atoms. The molecule has 0 aromatic carbocycles. The van der Waals surface area contributed by atoms with E-state index in [4.69, 9.17) is 16.7 Å². The Morgan fingerprint density at radius 1 is 1.53 bits per heavy atom. The van der Waals surface area contributed by atoms with Gasteiger partial charge in [0.15, 0.2) is 0 Å². The Morgan fingerprint density at radius 2 is 2.24 bits per heavy atom. The number of halogens is 1. The van der Waals surface area contributed by atoms with Gasteiger partial charge in [0.25, 0.3) is 10.0 Å². The lowest BCUT2D eigenvalue weighted by Crippen LogP contribution is -2.41. The summed E-state index contributed by atoms with van der Waals surface area (Å²) in [4.78, 5) is 11.0. The number of nitrogens with zero attached hydrogens (tertiary/aromatic N) is 1. The second-order valence-corrected chi connectivity index (χ2v) is 8.14. The number of carboxylic acid groups (broad SMARTS) is 1. The second kappa shape index (κ2) is 4.77. The predicted octanol–water partition coefficient (Wildman–Crippen LogP) is 1.55. The van der Waals surface area contributed by atoms with Crippen LogP contribution in [0.1, 0.15) is 0 Å². The molecule has 2 heterocycles. The SMILES string of the molecule is O=C(O)C1CSCN1S(=O)(=O)c1ccc(Cl)s1. The normalized spacial score (nSPS) is 21.8. The molecule has 2 rings (SSSR count). The molecule has 0 aliphatic carbocycles. The van der Waals surface area contributed by atoms with Crippen molar-refractivity contribution in [3.63, 3.8) is 0 Å². The summed E-state index contributed by atoms with van der Waals surface area (Å²) in [6.07, 6.45) is 0. The van der Waals surface area contributed by atoms with E-state index >= 15 is 0 Å². The number of carboxylic acids is 1. The third kappa shape index (κ3) is 2.45. The van der Waals surface area contributed by atoms with Crippen LogP contribution in [-0.2, 0) is 14.8 Å². The number of thioether (sulfide) groups is 1. The van der Waals surface area contributed by atoms with E-state index in [1.54, 1.807) is 0 Å². The van der Waals surface area contributed by atoms with Gasteiger partial charge in [-0.3, -0.25) is 4.79 Å². The molecule has 1 aliphatic rings. The standard InChI is InChI=1S/C8H8ClNO4S3/c9-6-1-2-7(16-6)17(13,14)10-4-15-3-5(10)8(11)12/h1-2,5H,3-4H2,(H,11,12). The Kier molecular flexibility index (Phi) is 3.69.